The molecule has 27 heavy (non-hydrogen) atoms. The second kappa shape index (κ2) is 9.53. The molecule has 2 aromatic heterocycles. The Labute approximate surface area is 167 Å². The molecule has 1 N–H and O–H groups in total. The zero-order valence-electron chi connectivity index (χ0n) is 15.4. The number of nitrogens with one attached hydrogen (secondary N) is 1. The average Bonchev–Trinajstić information content (AvgIpc) is 3.34. The molecule has 142 valence electrons. The van der Waals surface area contributed by atoms with Crippen LogP contribution < -0.4 is 5.32 Å². The van der Waals surface area contributed by atoms with Crippen molar-refractivity contribution < 1.29 is 4.52 Å². The molecule has 0 radical (unpaired) electrons. The first kappa shape index (κ1) is 19.4. The minimum Gasteiger partial charge on any atom is -0.357 e. The normalized spacial score (nSPS) is 11.6. The van der Waals surface area contributed by atoms with Crippen LogP contribution in [-0.4, -0.2) is 41.1 Å². The van der Waals surface area contributed by atoms with E-state index in [1.54, 1.807) is 11.3 Å². The van der Waals surface area contributed by atoms with Crippen molar-refractivity contribution >= 4 is 28.9 Å². The number of halogens is 1. The number of thiophene rings is 1. The Bertz CT molecular complexity index is 861. The quantitative estimate of drug-likeness (QED) is 0.475. The summed E-state index contributed by atoms with van der Waals surface area (Å²) in [6.45, 7) is 4.26. The first-order valence-corrected chi connectivity index (χ1v) is 10.1. The molecule has 2 heterocycles. The SMILES string of the molecule is CCNC(=NCCc1nc(-c2ccc(Cl)cc2)no1)N(C)Cc1ccsc1. The fraction of sp³-hybridized carbons (Fsp3) is 0.316. The van der Waals surface area contributed by atoms with E-state index in [-0.39, 0.29) is 0 Å². The van der Waals surface area contributed by atoms with Crippen molar-refractivity contribution in [1.29, 1.82) is 0 Å². The number of nitrogens with zero attached hydrogens (tertiary/aromatic N) is 4. The number of guanidine groups is 1. The third kappa shape index (κ3) is 5.55. The fourth-order valence-corrected chi connectivity index (χ4v) is 3.32. The molecule has 0 amide bonds. The van der Waals surface area contributed by atoms with Crippen LogP contribution >= 0.6 is 22.9 Å². The maximum Gasteiger partial charge on any atom is 0.228 e. The predicted octanol–water partition coefficient (Wildman–Crippen LogP) is 4.09. The minimum absolute atomic E-state index is 0.562. The highest BCUT2D eigenvalue weighted by Gasteiger charge is 2.10. The van der Waals surface area contributed by atoms with E-state index in [0.717, 1.165) is 24.6 Å². The zero-order valence-corrected chi connectivity index (χ0v) is 16.9. The number of hydrogen-bond donors (Lipinski definition) is 1. The monoisotopic (exact) mass is 403 g/mol. The Balaban J connectivity index is 1.59. The lowest BCUT2D eigenvalue weighted by atomic mass is 10.2. The van der Waals surface area contributed by atoms with Crippen molar-refractivity contribution in [2.24, 2.45) is 4.99 Å². The van der Waals surface area contributed by atoms with E-state index < -0.39 is 0 Å². The molecule has 6 nitrogen and oxygen atoms in total. The van der Waals surface area contributed by atoms with Crippen LogP contribution in [0.15, 0.2) is 50.6 Å². The van der Waals surface area contributed by atoms with Gasteiger partial charge in [-0.1, -0.05) is 16.8 Å². The van der Waals surface area contributed by atoms with Crippen LogP contribution in [0.5, 0.6) is 0 Å². The number of aromatic nitrogens is 2. The highest BCUT2D eigenvalue weighted by Crippen LogP contribution is 2.18. The average molecular weight is 404 g/mol. The molecular formula is C19H22ClN5OS. The van der Waals surface area contributed by atoms with Gasteiger partial charge in [0.2, 0.25) is 11.7 Å². The third-order valence-corrected chi connectivity index (χ3v) is 4.84. The predicted molar refractivity (Wildman–Crippen MR) is 110 cm³/mol. The van der Waals surface area contributed by atoms with E-state index >= 15 is 0 Å². The van der Waals surface area contributed by atoms with Gasteiger partial charge in [0.1, 0.15) is 0 Å². The second-order valence-corrected chi connectivity index (χ2v) is 7.21. The number of benzene rings is 1. The smallest absolute Gasteiger partial charge is 0.228 e. The molecule has 0 saturated carbocycles. The van der Waals surface area contributed by atoms with E-state index in [1.165, 1.54) is 5.56 Å². The molecule has 0 aliphatic rings. The van der Waals surface area contributed by atoms with Gasteiger partial charge in [0.05, 0.1) is 6.54 Å². The molecule has 0 spiro atoms. The Morgan fingerprint density at radius 3 is 2.81 bits per heavy atom. The molecule has 0 bridgehead atoms. The molecule has 0 aliphatic carbocycles. The highest BCUT2D eigenvalue weighted by molar-refractivity contribution is 7.07. The summed E-state index contributed by atoms with van der Waals surface area (Å²) in [6.07, 6.45) is 0.585. The first-order chi connectivity index (χ1) is 13.2. The molecule has 0 unspecified atom stereocenters. The maximum absolute atomic E-state index is 5.91. The summed E-state index contributed by atoms with van der Waals surface area (Å²) in [4.78, 5) is 11.2. The van der Waals surface area contributed by atoms with Gasteiger partial charge in [-0.05, 0) is 53.6 Å². The van der Waals surface area contributed by atoms with Crippen molar-refractivity contribution in [2.45, 2.75) is 19.9 Å². The van der Waals surface area contributed by atoms with Crippen molar-refractivity contribution in [3.8, 4) is 11.4 Å². The van der Waals surface area contributed by atoms with Gasteiger partial charge in [0.15, 0.2) is 5.96 Å². The molecule has 0 atom stereocenters. The van der Waals surface area contributed by atoms with Crippen LogP contribution in [0.1, 0.15) is 18.4 Å². The van der Waals surface area contributed by atoms with Crippen LogP contribution in [0, 0.1) is 0 Å². The van der Waals surface area contributed by atoms with Gasteiger partial charge in [-0.25, -0.2) is 0 Å². The lowest BCUT2D eigenvalue weighted by molar-refractivity contribution is 0.380. The molecule has 3 rings (SSSR count). The lowest BCUT2D eigenvalue weighted by Gasteiger charge is -2.21. The van der Waals surface area contributed by atoms with Crippen LogP contribution in [-0.2, 0) is 13.0 Å². The molecule has 0 aliphatic heterocycles. The molecule has 3 aromatic rings. The second-order valence-electron chi connectivity index (χ2n) is 5.99. The molecule has 1 aromatic carbocycles. The Hall–Kier alpha value is -2.38. The van der Waals surface area contributed by atoms with E-state index in [2.05, 4.69) is 49.1 Å². The summed E-state index contributed by atoms with van der Waals surface area (Å²) in [5.41, 5.74) is 2.15. The molecule has 0 fully saturated rings. The zero-order chi connectivity index (χ0) is 19.1. The van der Waals surface area contributed by atoms with Crippen molar-refractivity contribution in [1.82, 2.24) is 20.4 Å². The van der Waals surface area contributed by atoms with Gasteiger partial charge in [-0.2, -0.15) is 16.3 Å². The standard InChI is InChI=1S/C19H22ClN5OS/c1-3-21-19(25(2)12-14-9-11-27-13-14)22-10-8-17-23-18(24-26-17)15-4-6-16(20)7-5-15/h4-7,9,11,13H,3,8,10,12H2,1-2H3,(H,21,22). The van der Waals surface area contributed by atoms with Gasteiger partial charge in [-0.15, -0.1) is 0 Å². The summed E-state index contributed by atoms with van der Waals surface area (Å²) in [6, 6.07) is 9.49. The van der Waals surface area contributed by atoms with Crippen LogP contribution in [0.3, 0.4) is 0 Å². The molecular weight excluding hydrogens is 382 g/mol. The summed E-state index contributed by atoms with van der Waals surface area (Å²) in [5, 5.41) is 12.3. The topological polar surface area (TPSA) is 66.5 Å². The van der Waals surface area contributed by atoms with E-state index in [9.17, 15) is 0 Å². The van der Waals surface area contributed by atoms with Gasteiger partial charge in [-0.3, -0.25) is 4.99 Å². The van der Waals surface area contributed by atoms with E-state index in [4.69, 9.17) is 16.1 Å². The number of rotatable bonds is 7. The van der Waals surface area contributed by atoms with Gasteiger partial charge in [0.25, 0.3) is 0 Å². The Morgan fingerprint density at radius 2 is 2.11 bits per heavy atom. The summed E-state index contributed by atoms with van der Waals surface area (Å²) in [7, 11) is 2.03. The van der Waals surface area contributed by atoms with Crippen LogP contribution in [0.4, 0.5) is 0 Å². The minimum atomic E-state index is 0.562. The summed E-state index contributed by atoms with van der Waals surface area (Å²) in [5.74, 6) is 1.99. The van der Waals surface area contributed by atoms with Crippen LogP contribution in [0.25, 0.3) is 11.4 Å². The number of hydrogen-bond acceptors (Lipinski definition) is 5. The fourth-order valence-electron chi connectivity index (χ4n) is 2.53. The first-order valence-electron chi connectivity index (χ1n) is 8.74. The largest absolute Gasteiger partial charge is 0.357 e. The van der Waals surface area contributed by atoms with Gasteiger partial charge >= 0.3 is 0 Å². The van der Waals surface area contributed by atoms with Crippen LogP contribution in [0.2, 0.25) is 5.02 Å². The van der Waals surface area contributed by atoms with Crippen molar-refractivity contribution in [3.63, 3.8) is 0 Å². The molecule has 8 heteroatoms. The van der Waals surface area contributed by atoms with Crippen molar-refractivity contribution in [3.05, 3.63) is 57.6 Å². The Kier molecular flexibility index (Phi) is 6.84. The molecule has 0 saturated heterocycles. The maximum atomic E-state index is 5.91. The summed E-state index contributed by atoms with van der Waals surface area (Å²) >= 11 is 7.61. The van der Waals surface area contributed by atoms with E-state index in [1.807, 2.05) is 31.3 Å². The summed E-state index contributed by atoms with van der Waals surface area (Å²) < 4.78 is 5.34. The van der Waals surface area contributed by atoms with Gasteiger partial charge < -0.3 is 14.7 Å². The van der Waals surface area contributed by atoms with Crippen molar-refractivity contribution in [2.75, 3.05) is 20.1 Å². The van der Waals surface area contributed by atoms with E-state index in [0.29, 0.717) is 29.7 Å². The third-order valence-electron chi connectivity index (χ3n) is 3.85. The highest BCUT2D eigenvalue weighted by atomic mass is 35.5. The number of aliphatic imine (C=N–C) groups is 1. The van der Waals surface area contributed by atoms with Gasteiger partial charge in [0, 0.05) is 37.1 Å². The Morgan fingerprint density at radius 1 is 1.30 bits per heavy atom. The lowest BCUT2D eigenvalue weighted by Crippen LogP contribution is -2.38.